The Morgan fingerprint density at radius 2 is 2.07 bits per heavy atom. The number of hydrogen-bond donors (Lipinski definition) is 1. The largest absolute Gasteiger partial charge is 0.439 e. The van der Waals surface area contributed by atoms with Gasteiger partial charge in [0.2, 0.25) is 0 Å². The molecule has 78 valence electrons. The number of amides is 1. The number of ether oxygens (including phenoxy) is 2. The first kappa shape index (κ1) is 12.2. The summed E-state index contributed by atoms with van der Waals surface area (Å²) in [6.45, 7) is 9.58. The molecule has 0 aromatic heterocycles. The van der Waals surface area contributed by atoms with Crippen LogP contribution in [-0.2, 0) is 14.3 Å². The van der Waals surface area contributed by atoms with Gasteiger partial charge < -0.3 is 9.47 Å². The molecule has 0 aliphatic heterocycles. The molecule has 1 atom stereocenters. The van der Waals surface area contributed by atoms with Gasteiger partial charge in [0.15, 0.2) is 6.23 Å². The quantitative estimate of drug-likeness (QED) is 0.321. The Morgan fingerprint density at radius 3 is 2.50 bits per heavy atom. The van der Waals surface area contributed by atoms with E-state index < -0.39 is 18.3 Å². The van der Waals surface area contributed by atoms with Crippen LogP contribution < -0.4 is 5.32 Å². The second kappa shape index (κ2) is 5.80. The predicted molar refractivity (Wildman–Crippen MR) is 50.2 cm³/mol. The summed E-state index contributed by atoms with van der Waals surface area (Å²) in [7, 11) is 0. The van der Waals surface area contributed by atoms with E-state index in [0.717, 1.165) is 6.26 Å². The minimum Gasteiger partial charge on any atom is -0.439 e. The van der Waals surface area contributed by atoms with Gasteiger partial charge in [-0.1, -0.05) is 13.2 Å². The van der Waals surface area contributed by atoms with Gasteiger partial charge in [0, 0.05) is 5.57 Å². The van der Waals surface area contributed by atoms with E-state index in [0.29, 0.717) is 0 Å². The molecule has 0 saturated heterocycles. The molecule has 0 aliphatic rings. The summed E-state index contributed by atoms with van der Waals surface area (Å²) in [5.41, 5.74) is 0.260. The fourth-order valence-corrected chi connectivity index (χ4v) is 0.566. The topological polar surface area (TPSA) is 64.6 Å². The molecule has 5 nitrogen and oxygen atoms in total. The van der Waals surface area contributed by atoms with Crippen molar-refractivity contribution in [1.29, 1.82) is 0 Å². The van der Waals surface area contributed by atoms with Gasteiger partial charge in [0.05, 0.1) is 6.26 Å². The molecule has 1 amide bonds. The average molecular weight is 199 g/mol. The monoisotopic (exact) mass is 199 g/mol. The number of nitrogens with one attached hydrogen (secondary N) is 1. The zero-order valence-electron chi connectivity index (χ0n) is 8.20. The molecule has 14 heavy (non-hydrogen) atoms. The molecule has 0 heterocycles. The standard InChI is InChI=1S/C9H13NO4/c1-5-13-9(12)10-7(4)14-8(11)6(2)3/h5,7H,1-2H2,3-4H3,(H,10,12). The molecule has 0 aromatic carbocycles. The molecular formula is C9H13NO4. The lowest BCUT2D eigenvalue weighted by molar-refractivity contribution is -0.144. The van der Waals surface area contributed by atoms with Crippen LogP contribution >= 0.6 is 0 Å². The lowest BCUT2D eigenvalue weighted by Crippen LogP contribution is -2.35. The van der Waals surface area contributed by atoms with Crippen LogP contribution in [0.2, 0.25) is 0 Å². The Bertz CT molecular complexity index is 260. The molecule has 5 heteroatoms. The normalized spacial score (nSPS) is 11.0. The molecule has 0 spiro atoms. The molecule has 0 fully saturated rings. The average Bonchev–Trinajstić information content (AvgIpc) is 2.03. The number of esters is 1. The van der Waals surface area contributed by atoms with Crippen LogP contribution in [0.1, 0.15) is 13.8 Å². The number of alkyl carbamates (subject to hydrolysis) is 1. The zero-order chi connectivity index (χ0) is 11.1. The Morgan fingerprint density at radius 1 is 1.50 bits per heavy atom. The number of carbonyl (C=O) groups excluding carboxylic acids is 2. The highest BCUT2D eigenvalue weighted by molar-refractivity contribution is 5.87. The van der Waals surface area contributed by atoms with Crippen molar-refractivity contribution < 1.29 is 19.1 Å². The van der Waals surface area contributed by atoms with Gasteiger partial charge in [0.1, 0.15) is 0 Å². The molecule has 1 N–H and O–H groups in total. The van der Waals surface area contributed by atoms with Crippen molar-refractivity contribution in [3.63, 3.8) is 0 Å². The third-order valence-electron chi connectivity index (χ3n) is 1.14. The van der Waals surface area contributed by atoms with E-state index in [1.165, 1.54) is 13.8 Å². The van der Waals surface area contributed by atoms with Gasteiger partial charge in [-0.2, -0.15) is 0 Å². The molecule has 0 aromatic rings. The summed E-state index contributed by atoms with van der Waals surface area (Å²) in [6.07, 6.45) is -0.531. The first-order valence-electron chi connectivity index (χ1n) is 3.92. The lowest BCUT2D eigenvalue weighted by Gasteiger charge is -2.13. The van der Waals surface area contributed by atoms with Crippen molar-refractivity contribution in [3.8, 4) is 0 Å². The van der Waals surface area contributed by atoms with Crippen molar-refractivity contribution in [3.05, 3.63) is 25.0 Å². The maximum absolute atomic E-state index is 11.0. The summed E-state index contributed by atoms with van der Waals surface area (Å²) in [5.74, 6) is -0.573. The molecule has 0 rings (SSSR count). The second-order valence-electron chi connectivity index (χ2n) is 2.54. The van der Waals surface area contributed by atoms with Gasteiger partial charge in [-0.3, -0.25) is 5.32 Å². The minimum atomic E-state index is -0.772. The van der Waals surface area contributed by atoms with Crippen LogP contribution in [0.15, 0.2) is 25.0 Å². The van der Waals surface area contributed by atoms with Crippen molar-refractivity contribution in [1.82, 2.24) is 5.32 Å². The maximum atomic E-state index is 11.0. The van der Waals surface area contributed by atoms with Gasteiger partial charge in [-0.15, -0.1) is 0 Å². The summed E-state index contributed by atoms with van der Waals surface area (Å²) in [5, 5.41) is 2.25. The van der Waals surface area contributed by atoms with E-state index in [1.807, 2.05) is 0 Å². The van der Waals surface area contributed by atoms with E-state index in [4.69, 9.17) is 4.74 Å². The van der Waals surface area contributed by atoms with E-state index in [2.05, 4.69) is 23.2 Å². The van der Waals surface area contributed by atoms with Crippen LogP contribution in [0.5, 0.6) is 0 Å². The van der Waals surface area contributed by atoms with Crippen LogP contribution in [0.3, 0.4) is 0 Å². The van der Waals surface area contributed by atoms with Gasteiger partial charge in [0.25, 0.3) is 0 Å². The molecule has 0 saturated carbocycles. The van der Waals surface area contributed by atoms with E-state index in [9.17, 15) is 9.59 Å². The minimum absolute atomic E-state index is 0.260. The Balaban J connectivity index is 3.91. The number of hydrogen-bond acceptors (Lipinski definition) is 4. The third kappa shape index (κ3) is 4.97. The lowest BCUT2D eigenvalue weighted by atomic mass is 10.4. The first-order valence-corrected chi connectivity index (χ1v) is 3.92. The van der Waals surface area contributed by atoms with Crippen molar-refractivity contribution in [2.45, 2.75) is 20.1 Å². The predicted octanol–water partition coefficient (Wildman–Crippen LogP) is 1.32. The summed E-state index contributed by atoms with van der Waals surface area (Å²) < 4.78 is 9.10. The van der Waals surface area contributed by atoms with Gasteiger partial charge in [-0.25, -0.2) is 9.59 Å². The second-order valence-corrected chi connectivity index (χ2v) is 2.54. The molecule has 1 unspecified atom stereocenters. The molecule has 0 radical (unpaired) electrons. The zero-order valence-corrected chi connectivity index (χ0v) is 8.20. The fraction of sp³-hybridized carbons (Fsp3) is 0.333. The van der Waals surface area contributed by atoms with Gasteiger partial charge >= 0.3 is 12.1 Å². The highest BCUT2D eigenvalue weighted by Crippen LogP contribution is 1.96. The molecule has 0 bridgehead atoms. The fourth-order valence-electron chi connectivity index (χ4n) is 0.566. The molecular weight excluding hydrogens is 186 g/mol. The number of rotatable bonds is 4. The maximum Gasteiger partial charge on any atom is 0.414 e. The number of carbonyl (C=O) groups is 2. The van der Waals surface area contributed by atoms with Crippen LogP contribution in [0, 0.1) is 0 Å². The SMILES string of the molecule is C=COC(=O)NC(C)OC(=O)C(=C)C. The van der Waals surface area contributed by atoms with Gasteiger partial charge in [-0.05, 0) is 13.8 Å². The summed E-state index contributed by atoms with van der Waals surface area (Å²) >= 11 is 0. The van der Waals surface area contributed by atoms with Crippen molar-refractivity contribution >= 4 is 12.1 Å². The Labute approximate surface area is 82.4 Å². The highest BCUT2D eigenvalue weighted by atomic mass is 16.6. The smallest absolute Gasteiger partial charge is 0.414 e. The van der Waals surface area contributed by atoms with E-state index in [-0.39, 0.29) is 5.57 Å². The van der Waals surface area contributed by atoms with Crippen LogP contribution in [0.25, 0.3) is 0 Å². The van der Waals surface area contributed by atoms with E-state index >= 15 is 0 Å². The van der Waals surface area contributed by atoms with Crippen molar-refractivity contribution in [2.75, 3.05) is 0 Å². The Hall–Kier alpha value is -1.78. The van der Waals surface area contributed by atoms with E-state index in [1.54, 1.807) is 0 Å². The molecule has 0 aliphatic carbocycles. The highest BCUT2D eigenvalue weighted by Gasteiger charge is 2.12. The van der Waals surface area contributed by atoms with Crippen LogP contribution in [-0.4, -0.2) is 18.3 Å². The van der Waals surface area contributed by atoms with Crippen LogP contribution in [0.4, 0.5) is 4.79 Å². The third-order valence-corrected chi connectivity index (χ3v) is 1.14. The summed E-state index contributed by atoms with van der Waals surface area (Å²) in [6, 6.07) is 0. The Kier molecular flexibility index (Phi) is 5.06. The summed E-state index contributed by atoms with van der Waals surface area (Å²) in [4.78, 5) is 21.7. The van der Waals surface area contributed by atoms with Crippen molar-refractivity contribution in [2.24, 2.45) is 0 Å². The first-order chi connectivity index (χ1) is 6.47.